The van der Waals surface area contributed by atoms with Crippen molar-refractivity contribution >= 4 is 5.91 Å². The highest BCUT2D eigenvalue weighted by Crippen LogP contribution is 2.19. The van der Waals surface area contributed by atoms with Crippen molar-refractivity contribution in [3.8, 4) is 0 Å². The van der Waals surface area contributed by atoms with Gasteiger partial charge in [0.1, 0.15) is 18.4 Å². The van der Waals surface area contributed by atoms with Crippen molar-refractivity contribution in [3.63, 3.8) is 0 Å². The van der Waals surface area contributed by atoms with Crippen LogP contribution in [0.3, 0.4) is 0 Å². The Labute approximate surface area is 64.5 Å². The maximum absolute atomic E-state index is 10.4. The fourth-order valence-corrected chi connectivity index (χ4v) is 0.810. The summed E-state index contributed by atoms with van der Waals surface area (Å²) in [5.41, 5.74) is 5.28. The van der Waals surface area contributed by atoms with E-state index >= 15 is 0 Å². The number of nitrogens with one attached hydrogen (secondary N) is 1. The van der Waals surface area contributed by atoms with Gasteiger partial charge in [0.2, 0.25) is 5.91 Å². The quantitative estimate of drug-likeness (QED) is 0.424. The number of nitrogens with two attached hydrogens (primary N) is 1. The Hall–Kier alpha value is -0.650. The van der Waals surface area contributed by atoms with Gasteiger partial charge < -0.3 is 20.9 Å². The third kappa shape index (κ3) is 2.45. The van der Waals surface area contributed by atoms with Crippen molar-refractivity contribution in [2.75, 3.05) is 6.54 Å². The second-order valence-corrected chi connectivity index (χ2v) is 2.57. The minimum absolute atomic E-state index is 0.168. The number of aliphatic hydroxyl groups is 1. The molecule has 3 unspecified atom stereocenters. The van der Waals surface area contributed by atoms with E-state index in [4.69, 9.17) is 10.5 Å². The summed E-state index contributed by atoms with van der Waals surface area (Å²) in [6.45, 7) is 1.59. The van der Waals surface area contributed by atoms with E-state index in [0.29, 0.717) is 0 Å². The lowest BCUT2D eigenvalue weighted by molar-refractivity contribution is -0.119. The molecule has 0 aromatic rings. The van der Waals surface area contributed by atoms with Crippen LogP contribution in [0.1, 0.15) is 6.92 Å². The zero-order valence-electron chi connectivity index (χ0n) is 6.28. The molecule has 0 spiro atoms. The van der Waals surface area contributed by atoms with Crippen LogP contribution in [-0.2, 0) is 9.53 Å². The molecule has 5 heteroatoms. The molecule has 0 aromatic heterocycles. The molecule has 1 aliphatic heterocycles. The van der Waals surface area contributed by atoms with Crippen molar-refractivity contribution in [2.24, 2.45) is 5.73 Å². The summed E-state index contributed by atoms with van der Waals surface area (Å²) in [6, 6.07) is 0. The molecule has 0 aliphatic carbocycles. The van der Waals surface area contributed by atoms with E-state index in [-0.39, 0.29) is 24.8 Å². The summed E-state index contributed by atoms with van der Waals surface area (Å²) in [5.74, 6) is -0.168. The molecule has 1 fully saturated rings. The molecule has 1 rings (SSSR count). The van der Waals surface area contributed by atoms with Gasteiger partial charge in [-0.3, -0.25) is 4.79 Å². The lowest BCUT2D eigenvalue weighted by Crippen LogP contribution is -2.35. The summed E-state index contributed by atoms with van der Waals surface area (Å²) >= 11 is 0. The number of epoxide rings is 1. The van der Waals surface area contributed by atoms with Crippen LogP contribution in [0.5, 0.6) is 0 Å². The van der Waals surface area contributed by atoms with Gasteiger partial charge in [-0.05, 0) is 0 Å². The highest BCUT2D eigenvalue weighted by atomic mass is 16.6. The van der Waals surface area contributed by atoms with Crippen molar-refractivity contribution < 1.29 is 14.6 Å². The number of rotatable bonds is 3. The molecule has 0 aromatic carbocycles. The summed E-state index contributed by atoms with van der Waals surface area (Å²) in [7, 11) is 0. The van der Waals surface area contributed by atoms with E-state index in [1.165, 1.54) is 6.92 Å². The van der Waals surface area contributed by atoms with Gasteiger partial charge >= 0.3 is 0 Å². The zero-order chi connectivity index (χ0) is 8.43. The Kier molecular flexibility index (Phi) is 2.43. The van der Waals surface area contributed by atoms with Gasteiger partial charge in [-0.15, -0.1) is 0 Å². The average molecular weight is 160 g/mol. The number of amides is 1. The van der Waals surface area contributed by atoms with Crippen molar-refractivity contribution in [3.05, 3.63) is 0 Å². The molecule has 11 heavy (non-hydrogen) atoms. The Balaban J connectivity index is 2.11. The minimum Gasteiger partial charge on any atom is -0.388 e. The van der Waals surface area contributed by atoms with Crippen LogP contribution in [0.2, 0.25) is 0 Å². The summed E-state index contributed by atoms with van der Waals surface area (Å²) < 4.78 is 4.79. The van der Waals surface area contributed by atoms with Crippen LogP contribution in [0.4, 0.5) is 0 Å². The summed E-state index contributed by atoms with van der Waals surface area (Å²) in [5, 5.41) is 11.7. The van der Waals surface area contributed by atoms with Crippen LogP contribution in [0, 0.1) is 0 Å². The van der Waals surface area contributed by atoms with Crippen LogP contribution in [0.15, 0.2) is 0 Å². The number of carbonyl (C=O) groups excluding carboxylic acids is 1. The Morgan fingerprint density at radius 2 is 2.45 bits per heavy atom. The van der Waals surface area contributed by atoms with Gasteiger partial charge in [-0.25, -0.2) is 0 Å². The van der Waals surface area contributed by atoms with Crippen LogP contribution in [-0.4, -0.2) is 36.0 Å². The second-order valence-electron chi connectivity index (χ2n) is 2.57. The van der Waals surface area contributed by atoms with E-state index in [1.807, 2.05) is 0 Å². The molecule has 0 radical (unpaired) electrons. The van der Waals surface area contributed by atoms with E-state index < -0.39 is 6.10 Å². The van der Waals surface area contributed by atoms with Crippen molar-refractivity contribution in [1.82, 2.24) is 5.32 Å². The first kappa shape index (κ1) is 8.45. The molecule has 0 bridgehead atoms. The zero-order valence-corrected chi connectivity index (χ0v) is 6.28. The molecule has 1 aliphatic rings. The molecule has 1 heterocycles. The monoisotopic (exact) mass is 160 g/mol. The summed E-state index contributed by atoms with van der Waals surface area (Å²) in [4.78, 5) is 10.4. The first-order chi connectivity index (χ1) is 5.11. The Morgan fingerprint density at radius 3 is 2.82 bits per heavy atom. The van der Waals surface area contributed by atoms with E-state index in [1.54, 1.807) is 0 Å². The van der Waals surface area contributed by atoms with Gasteiger partial charge in [0.15, 0.2) is 0 Å². The Morgan fingerprint density at radius 1 is 1.91 bits per heavy atom. The number of aliphatic hydroxyl groups excluding tert-OH is 1. The molecular formula is C6H12N2O3. The lowest BCUT2D eigenvalue weighted by Gasteiger charge is -2.06. The molecule has 64 valence electrons. The van der Waals surface area contributed by atoms with Gasteiger partial charge in [-0.2, -0.15) is 0 Å². The highest BCUT2D eigenvalue weighted by molar-refractivity contribution is 5.72. The largest absolute Gasteiger partial charge is 0.388 e. The fraction of sp³-hybridized carbons (Fsp3) is 0.833. The maximum atomic E-state index is 10.4. The number of hydrogen-bond acceptors (Lipinski definition) is 4. The van der Waals surface area contributed by atoms with Gasteiger partial charge in [0.05, 0.1) is 0 Å². The SMILES string of the molecule is CC(=O)NCC(O)C1OC1N. The maximum Gasteiger partial charge on any atom is 0.216 e. The first-order valence-corrected chi connectivity index (χ1v) is 3.45. The smallest absolute Gasteiger partial charge is 0.216 e. The van der Waals surface area contributed by atoms with Crippen LogP contribution in [0.25, 0.3) is 0 Å². The molecule has 1 amide bonds. The second kappa shape index (κ2) is 3.17. The normalized spacial score (nSPS) is 31.2. The Bertz CT molecular complexity index is 162. The van der Waals surface area contributed by atoms with Gasteiger partial charge in [0, 0.05) is 13.5 Å². The minimum atomic E-state index is -0.686. The predicted octanol–water partition coefficient (Wildman–Crippen LogP) is -1.83. The molecular weight excluding hydrogens is 148 g/mol. The molecule has 3 atom stereocenters. The van der Waals surface area contributed by atoms with E-state index in [0.717, 1.165) is 0 Å². The molecule has 0 saturated carbocycles. The van der Waals surface area contributed by atoms with E-state index in [2.05, 4.69) is 5.32 Å². The number of carbonyl (C=O) groups is 1. The highest BCUT2D eigenvalue weighted by Gasteiger charge is 2.41. The standard InChI is InChI=1S/C6H12N2O3/c1-3(9)8-2-4(10)5-6(7)11-5/h4-6,10H,2,7H2,1H3,(H,8,9). The first-order valence-electron chi connectivity index (χ1n) is 3.45. The third-order valence-electron chi connectivity index (χ3n) is 1.50. The van der Waals surface area contributed by atoms with Crippen LogP contribution < -0.4 is 11.1 Å². The molecule has 1 saturated heterocycles. The van der Waals surface area contributed by atoms with Crippen molar-refractivity contribution in [1.29, 1.82) is 0 Å². The van der Waals surface area contributed by atoms with Crippen molar-refractivity contribution in [2.45, 2.75) is 25.4 Å². The molecule has 4 N–H and O–H groups in total. The van der Waals surface area contributed by atoms with Gasteiger partial charge in [-0.1, -0.05) is 0 Å². The number of hydrogen-bond donors (Lipinski definition) is 3. The molecule has 5 nitrogen and oxygen atoms in total. The van der Waals surface area contributed by atoms with Crippen LogP contribution >= 0.6 is 0 Å². The lowest BCUT2D eigenvalue weighted by atomic mass is 10.2. The predicted molar refractivity (Wildman–Crippen MR) is 37.5 cm³/mol. The number of ether oxygens (including phenoxy) is 1. The third-order valence-corrected chi connectivity index (χ3v) is 1.50. The summed E-state index contributed by atoms with van der Waals surface area (Å²) in [6.07, 6.45) is -1.35. The fourth-order valence-electron chi connectivity index (χ4n) is 0.810. The topological polar surface area (TPSA) is 87.9 Å². The van der Waals surface area contributed by atoms with E-state index in [9.17, 15) is 9.90 Å². The average Bonchev–Trinajstić information content (AvgIpc) is 2.61. The van der Waals surface area contributed by atoms with Gasteiger partial charge in [0.25, 0.3) is 0 Å².